The van der Waals surface area contributed by atoms with Crippen molar-refractivity contribution in [2.24, 2.45) is 7.05 Å². The Hall–Kier alpha value is -3.53. The molecule has 1 atom stereocenters. The monoisotopic (exact) mass is 474 g/mol. The van der Waals surface area contributed by atoms with Crippen molar-refractivity contribution in [1.82, 2.24) is 25.1 Å². The minimum Gasteiger partial charge on any atom is -0.453 e. The third-order valence-corrected chi connectivity index (χ3v) is 4.74. The number of imidazole rings is 1. The van der Waals surface area contributed by atoms with Crippen LogP contribution in [0.15, 0.2) is 36.5 Å². The molecule has 0 aliphatic rings. The molecule has 2 amide bonds. The number of carbonyl (C=O) groups is 2. The Morgan fingerprint density at radius 1 is 1.18 bits per heavy atom. The summed E-state index contributed by atoms with van der Waals surface area (Å²) in [5, 5.41) is 10.1. The van der Waals surface area contributed by atoms with Gasteiger partial charge in [-0.25, -0.2) is 14.6 Å². The Kier molecular flexibility index (Phi) is 7.27. The number of hydrogen-bond acceptors (Lipinski definition) is 6. The molecule has 176 valence electrons. The van der Waals surface area contributed by atoms with Gasteiger partial charge in [-0.2, -0.15) is 5.10 Å². The molecule has 33 heavy (non-hydrogen) atoms. The van der Waals surface area contributed by atoms with Crippen molar-refractivity contribution in [2.45, 2.75) is 38.8 Å². The average molecular weight is 475 g/mol. The van der Waals surface area contributed by atoms with Gasteiger partial charge in [0.15, 0.2) is 0 Å². The molecule has 11 heteroatoms. The number of alkyl carbamates (subject to hydrolysis) is 1. The number of benzene rings is 1. The van der Waals surface area contributed by atoms with Gasteiger partial charge in [0.1, 0.15) is 22.3 Å². The van der Waals surface area contributed by atoms with Gasteiger partial charge in [0, 0.05) is 30.9 Å². The van der Waals surface area contributed by atoms with Gasteiger partial charge in [-0.3, -0.25) is 10.00 Å². The lowest BCUT2D eigenvalue weighted by Gasteiger charge is -2.22. The van der Waals surface area contributed by atoms with Crippen molar-refractivity contribution in [2.75, 3.05) is 12.4 Å². The molecular formula is C22H27ClN6O4. The van der Waals surface area contributed by atoms with Gasteiger partial charge >= 0.3 is 12.2 Å². The Morgan fingerprint density at radius 3 is 2.45 bits per heavy atom. The minimum absolute atomic E-state index is 0.315. The highest BCUT2D eigenvalue weighted by atomic mass is 35.5. The molecule has 1 aromatic carbocycles. The van der Waals surface area contributed by atoms with Crippen molar-refractivity contribution in [3.63, 3.8) is 0 Å². The van der Waals surface area contributed by atoms with Gasteiger partial charge in [0.05, 0.1) is 18.8 Å². The van der Waals surface area contributed by atoms with Crippen LogP contribution in [0.1, 0.15) is 38.3 Å². The van der Waals surface area contributed by atoms with E-state index >= 15 is 0 Å². The van der Waals surface area contributed by atoms with Crippen molar-refractivity contribution in [1.29, 1.82) is 0 Å². The second-order valence-electron chi connectivity index (χ2n) is 8.36. The number of nitrogens with one attached hydrogen (secondary N) is 3. The van der Waals surface area contributed by atoms with Crippen molar-refractivity contribution < 1.29 is 19.1 Å². The number of aromatic amines is 1. The number of anilines is 1. The summed E-state index contributed by atoms with van der Waals surface area (Å²) in [6.45, 7) is 5.38. The molecule has 10 nitrogen and oxygen atoms in total. The highest BCUT2D eigenvalue weighted by molar-refractivity contribution is 6.31. The molecule has 3 N–H and O–H groups in total. The Labute approximate surface area is 196 Å². The van der Waals surface area contributed by atoms with Crippen LogP contribution >= 0.6 is 11.6 Å². The number of carbonyl (C=O) groups excluding carboxylic acids is 2. The van der Waals surface area contributed by atoms with E-state index in [2.05, 4.69) is 30.4 Å². The number of amides is 2. The first-order valence-corrected chi connectivity index (χ1v) is 10.6. The predicted molar refractivity (Wildman–Crippen MR) is 124 cm³/mol. The summed E-state index contributed by atoms with van der Waals surface area (Å²) in [6, 6.07) is 8.27. The second-order valence-corrected chi connectivity index (χ2v) is 8.74. The van der Waals surface area contributed by atoms with E-state index in [1.165, 1.54) is 7.11 Å². The molecule has 0 aliphatic heterocycles. The van der Waals surface area contributed by atoms with Crippen LogP contribution < -0.4 is 10.6 Å². The summed E-state index contributed by atoms with van der Waals surface area (Å²) in [6.07, 6.45) is 1.07. The summed E-state index contributed by atoms with van der Waals surface area (Å²) in [7, 11) is 3.11. The lowest BCUT2D eigenvalue weighted by atomic mass is 10.1. The highest BCUT2D eigenvalue weighted by Gasteiger charge is 2.25. The number of aryl methyl sites for hydroxylation is 1. The van der Waals surface area contributed by atoms with E-state index in [1.807, 2.05) is 19.3 Å². The van der Waals surface area contributed by atoms with E-state index in [-0.39, 0.29) is 0 Å². The minimum atomic E-state index is -0.647. The molecule has 0 fully saturated rings. The largest absolute Gasteiger partial charge is 0.453 e. The first-order valence-electron chi connectivity index (χ1n) is 10.2. The third kappa shape index (κ3) is 6.72. The molecule has 0 radical (unpaired) electrons. The highest BCUT2D eigenvalue weighted by Crippen LogP contribution is 2.29. The molecule has 0 unspecified atom stereocenters. The topological polar surface area (TPSA) is 123 Å². The van der Waals surface area contributed by atoms with Crippen LogP contribution in [0, 0.1) is 0 Å². The normalized spacial score (nSPS) is 12.2. The fourth-order valence-corrected chi connectivity index (χ4v) is 3.30. The van der Waals surface area contributed by atoms with Crippen LogP contribution in [0.2, 0.25) is 5.15 Å². The van der Waals surface area contributed by atoms with Crippen LogP contribution in [0.3, 0.4) is 0 Å². The van der Waals surface area contributed by atoms with Gasteiger partial charge in [0.2, 0.25) is 0 Å². The average Bonchev–Trinajstić information content (AvgIpc) is 3.32. The number of nitrogens with zero attached hydrogens (tertiary/aromatic N) is 3. The predicted octanol–water partition coefficient (Wildman–Crippen LogP) is 4.45. The summed E-state index contributed by atoms with van der Waals surface area (Å²) < 4.78 is 11.7. The maximum absolute atomic E-state index is 12.5. The number of rotatable bonds is 6. The van der Waals surface area contributed by atoms with E-state index in [0.29, 0.717) is 28.8 Å². The van der Waals surface area contributed by atoms with Gasteiger partial charge < -0.3 is 19.8 Å². The molecule has 0 bridgehead atoms. The number of aromatic nitrogens is 4. The number of methoxy groups -OCH3 is 1. The van der Waals surface area contributed by atoms with Gasteiger partial charge in [-0.15, -0.1) is 0 Å². The fourth-order valence-electron chi connectivity index (χ4n) is 3.05. The van der Waals surface area contributed by atoms with Crippen molar-refractivity contribution in [3.05, 3.63) is 53.2 Å². The van der Waals surface area contributed by atoms with Gasteiger partial charge in [-0.1, -0.05) is 23.7 Å². The molecule has 3 aromatic rings. The molecule has 2 heterocycles. The Morgan fingerprint density at radius 2 is 1.88 bits per heavy atom. The standard InChI is InChI=1S/C22H27ClN6O4/c1-22(2,3)33-21(31)25-16(12-15-10-11-29(4)28-15)19-26-17(18(23)27-19)13-6-8-14(9-7-13)24-20(30)32-5/h6-11,16H,12H2,1-5H3,(H,24,30)(H,25,31)(H,26,27)/t16-/m0/s1. The summed E-state index contributed by atoms with van der Waals surface area (Å²) in [4.78, 5) is 31.5. The first-order chi connectivity index (χ1) is 15.5. The summed E-state index contributed by atoms with van der Waals surface area (Å²) in [5.41, 5.74) is 1.93. The molecule has 2 aromatic heterocycles. The maximum Gasteiger partial charge on any atom is 0.411 e. The molecule has 0 aliphatic carbocycles. The lowest BCUT2D eigenvalue weighted by Crippen LogP contribution is -2.36. The summed E-state index contributed by atoms with van der Waals surface area (Å²) >= 11 is 6.45. The second kappa shape index (κ2) is 9.95. The first kappa shape index (κ1) is 24.1. The number of H-pyrrole nitrogens is 1. The van der Waals surface area contributed by atoms with Crippen molar-refractivity contribution in [3.8, 4) is 11.3 Å². The zero-order chi connectivity index (χ0) is 24.2. The van der Waals surface area contributed by atoms with E-state index < -0.39 is 23.8 Å². The van der Waals surface area contributed by atoms with Crippen LogP contribution in [-0.2, 0) is 22.9 Å². The van der Waals surface area contributed by atoms with Crippen LogP contribution in [0.4, 0.5) is 15.3 Å². The fraction of sp³-hybridized carbons (Fsp3) is 0.364. The molecule has 0 spiro atoms. The smallest absolute Gasteiger partial charge is 0.411 e. The van der Waals surface area contributed by atoms with Crippen molar-refractivity contribution >= 4 is 29.5 Å². The zero-order valence-electron chi connectivity index (χ0n) is 19.1. The van der Waals surface area contributed by atoms with Crippen LogP contribution in [0.25, 0.3) is 11.3 Å². The van der Waals surface area contributed by atoms with E-state index in [4.69, 9.17) is 16.3 Å². The van der Waals surface area contributed by atoms with E-state index in [1.54, 1.807) is 49.7 Å². The number of hydrogen-bond donors (Lipinski definition) is 3. The Balaban J connectivity index is 1.85. The number of ether oxygens (including phenoxy) is 2. The quantitative estimate of drug-likeness (QED) is 0.485. The number of halogens is 1. The van der Waals surface area contributed by atoms with Crippen LogP contribution in [0.5, 0.6) is 0 Å². The zero-order valence-corrected chi connectivity index (χ0v) is 19.9. The van der Waals surface area contributed by atoms with Gasteiger partial charge in [-0.05, 0) is 39.0 Å². The van der Waals surface area contributed by atoms with Crippen LogP contribution in [-0.4, -0.2) is 44.6 Å². The van der Waals surface area contributed by atoms with Gasteiger partial charge in [0.25, 0.3) is 0 Å². The SMILES string of the molecule is COC(=O)Nc1ccc(-c2nc([C@H](Cc3ccn(C)n3)NC(=O)OC(C)(C)C)[nH]c2Cl)cc1. The molecule has 0 saturated heterocycles. The Bertz CT molecular complexity index is 1120. The maximum atomic E-state index is 12.5. The van der Waals surface area contributed by atoms with E-state index in [0.717, 1.165) is 11.3 Å². The van der Waals surface area contributed by atoms with E-state index in [9.17, 15) is 9.59 Å². The third-order valence-electron chi connectivity index (χ3n) is 4.47. The molecular weight excluding hydrogens is 448 g/mol. The molecule has 0 saturated carbocycles. The molecule has 3 rings (SSSR count). The summed E-state index contributed by atoms with van der Waals surface area (Å²) in [5.74, 6) is 0.461. The lowest BCUT2D eigenvalue weighted by molar-refractivity contribution is 0.0501.